The van der Waals surface area contributed by atoms with E-state index in [1.807, 2.05) is 12.2 Å². The molecule has 0 aliphatic carbocycles. The largest absolute Gasteiger partial charge is 0.450 e. The van der Waals surface area contributed by atoms with Gasteiger partial charge in [0, 0.05) is 0 Å². The number of benzene rings is 2. The van der Waals surface area contributed by atoms with Crippen LogP contribution in [-0.4, -0.2) is 35.6 Å². The number of alkyl carbamates (subject to hydrolysis) is 2. The summed E-state index contributed by atoms with van der Waals surface area (Å²) in [6.45, 7) is 3.74. The molecule has 0 aromatic heterocycles. The van der Waals surface area contributed by atoms with Gasteiger partial charge < -0.3 is 20.1 Å². The molecule has 0 saturated carbocycles. The summed E-state index contributed by atoms with van der Waals surface area (Å²) < 4.78 is 22.7. The molecule has 2 aromatic carbocycles. The van der Waals surface area contributed by atoms with Crippen molar-refractivity contribution < 1.29 is 23.5 Å². The van der Waals surface area contributed by atoms with Crippen molar-refractivity contribution in [1.29, 1.82) is 0 Å². The smallest absolute Gasteiger partial charge is 0.413 e. The van der Waals surface area contributed by atoms with E-state index in [0.29, 0.717) is 11.4 Å². The first-order valence-corrected chi connectivity index (χ1v) is 10.7. The van der Waals surface area contributed by atoms with Crippen molar-refractivity contribution in [3.8, 4) is 0 Å². The lowest BCUT2D eigenvalue weighted by Gasteiger charge is -2.16. The number of ether oxygens (including phenoxy) is 2. The van der Waals surface area contributed by atoms with Gasteiger partial charge in [0.05, 0.1) is 24.6 Å². The predicted molar refractivity (Wildman–Crippen MR) is 135 cm³/mol. The number of thiocarbonyl (C=S) groups is 2. The van der Waals surface area contributed by atoms with Crippen LogP contribution in [-0.2, 0) is 9.47 Å². The van der Waals surface area contributed by atoms with Crippen LogP contribution >= 0.6 is 24.4 Å². The molecule has 0 atom stereocenters. The van der Waals surface area contributed by atoms with Gasteiger partial charge in [0.15, 0.2) is 10.2 Å². The Labute approximate surface area is 201 Å². The normalized spacial score (nSPS) is 10.3. The van der Waals surface area contributed by atoms with E-state index >= 15 is 0 Å². The molecule has 0 aliphatic heterocycles. The highest BCUT2D eigenvalue weighted by atomic mass is 32.1. The number of rotatable bonds is 6. The predicted octanol–water partition coefficient (Wildman–Crippen LogP) is 4.88. The lowest BCUT2D eigenvalue weighted by molar-refractivity contribution is 0.157. The summed E-state index contributed by atoms with van der Waals surface area (Å²) in [7, 11) is 0. The van der Waals surface area contributed by atoms with Crippen molar-refractivity contribution in [3.63, 3.8) is 0 Å². The number of carbonyl (C=O) groups is 2. The minimum atomic E-state index is -0.698. The summed E-state index contributed by atoms with van der Waals surface area (Å²) in [5, 5.41) is 10.6. The van der Waals surface area contributed by atoms with E-state index < -0.39 is 12.2 Å². The Morgan fingerprint density at radius 1 is 0.818 bits per heavy atom. The molecule has 0 aliphatic rings. The van der Waals surface area contributed by atoms with Gasteiger partial charge in [-0.3, -0.25) is 10.6 Å². The van der Waals surface area contributed by atoms with Crippen molar-refractivity contribution in [2.75, 3.05) is 23.8 Å². The van der Waals surface area contributed by atoms with E-state index in [1.54, 1.807) is 44.2 Å². The van der Waals surface area contributed by atoms with Crippen LogP contribution in [0.15, 0.2) is 42.5 Å². The lowest BCUT2D eigenvalue weighted by atomic mass is 10.1. The maximum Gasteiger partial charge on any atom is 0.413 e. The first-order valence-electron chi connectivity index (χ1n) is 9.88. The van der Waals surface area contributed by atoms with Gasteiger partial charge in [0.25, 0.3) is 0 Å². The van der Waals surface area contributed by atoms with E-state index in [0.717, 1.165) is 11.1 Å². The molecule has 0 heterocycles. The highest BCUT2D eigenvalue weighted by molar-refractivity contribution is 7.80. The van der Waals surface area contributed by atoms with Gasteiger partial charge in [0.1, 0.15) is 5.82 Å². The number of carbonyl (C=O) groups excluding carboxylic acids is 2. The highest BCUT2D eigenvalue weighted by Gasteiger charge is 2.11. The Morgan fingerprint density at radius 3 is 1.85 bits per heavy atom. The maximum absolute atomic E-state index is 13.1. The van der Waals surface area contributed by atoms with Crippen LogP contribution in [0.4, 0.5) is 25.4 Å². The van der Waals surface area contributed by atoms with Crippen LogP contribution < -0.4 is 21.3 Å². The summed E-state index contributed by atoms with van der Waals surface area (Å²) in [6, 6.07) is 11.3. The van der Waals surface area contributed by atoms with E-state index in [-0.39, 0.29) is 29.3 Å². The molecule has 2 rings (SSSR count). The summed E-state index contributed by atoms with van der Waals surface area (Å²) in [5.41, 5.74) is 2.53. The quantitative estimate of drug-likeness (QED) is 0.336. The third kappa shape index (κ3) is 9.21. The van der Waals surface area contributed by atoms with Gasteiger partial charge in [-0.2, -0.15) is 0 Å². The maximum atomic E-state index is 13.1. The molecule has 33 heavy (non-hydrogen) atoms. The average molecular weight is 491 g/mol. The molecular formula is C22H23FN4O4S2. The molecule has 0 radical (unpaired) electrons. The van der Waals surface area contributed by atoms with Crippen LogP contribution in [0.1, 0.15) is 25.0 Å². The van der Waals surface area contributed by atoms with Crippen molar-refractivity contribution in [2.24, 2.45) is 0 Å². The molecule has 174 valence electrons. The molecule has 0 spiro atoms. The standard InChI is InChI=1S/C22H23FN4O4S2/c1-3-30-21(28)26-19(32)24-17-12-9-15(6-5-14-7-10-16(23)11-8-14)13-18(17)25-20(33)27-22(29)31-4-2/h5-13H,3-4H2,1-2H3,(H2,24,26,28,32)(H2,25,27,29,33). The number of amides is 2. The van der Waals surface area contributed by atoms with E-state index in [2.05, 4.69) is 21.3 Å². The van der Waals surface area contributed by atoms with E-state index in [4.69, 9.17) is 33.9 Å². The zero-order valence-electron chi connectivity index (χ0n) is 17.9. The molecule has 8 nitrogen and oxygen atoms in total. The van der Waals surface area contributed by atoms with E-state index in [1.165, 1.54) is 12.1 Å². The molecule has 4 N–H and O–H groups in total. The van der Waals surface area contributed by atoms with Crippen LogP contribution in [0, 0.1) is 5.82 Å². The molecule has 11 heteroatoms. The molecule has 0 fully saturated rings. The van der Waals surface area contributed by atoms with Crippen molar-refractivity contribution in [2.45, 2.75) is 13.8 Å². The third-order valence-electron chi connectivity index (χ3n) is 3.86. The summed E-state index contributed by atoms with van der Waals surface area (Å²) in [5.74, 6) is -0.316. The molecule has 0 bridgehead atoms. The minimum Gasteiger partial charge on any atom is -0.450 e. The Bertz CT molecular complexity index is 1050. The Balaban J connectivity index is 2.22. The number of nitrogens with one attached hydrogen (secondary N) is 4. The Kier molecular flexibility index (Phi) is 10.2. The highest BCUT2D eigenvalue weighted by Crippen LogP contribution is 2.25. The fraction of sp³-hybridized carbons (Fsp3) is 0.182. The van der Waals surface area contributed by atoms with Crippen molar-refractivity contribution >= 4 is 70.4 Å². The van der Waals surface area contributed by atoms with Crippen LogP contribution in [0.2, 0.25) is 0 Å². The van der Waals surface area contributed by atoms with Crippen molar-refractivity contribution in [1.82, 2.24) is 10.6 Å². The summed E-state index contributed by atoms with van der Waals surface area (Å²) in [4.78, 5) is 23.2. The number of anilines is 2. The third-order valence-corrected chi connectivity index (χ3v) is 4.27. The van der Waals surface area contributed by atoms with Crippen molar-refractivity contribution in [3.05, 3.63) is 59.4 Å². The van der Waals surface area contributed by atoms with Gasteiger partial charge in [-0.1, -0.05) is 30.4 Å². The second-order valence-corrected chi connectivity index (χ2v) is 7.11. The SMILES string of the molecule is CCOC(=O)NC(=S)Nc1ccc(C=Cc2ccc(F)cc2)cc1NC(=S)NC(=O)OCC. The zero-order chi connectivity index (χ0) is 24.2. The fourth-order valence-electron chi connectivity index (χ4n) is 2.47. The zero-order valence-corrected chi connectivity index (χ0v) is 19.6. The number of hydrogen-bond donors (Lipinski definition) is 4. The lowest BCUT2D eigenvalue weighted by Crippen LogP contribution is -2.36. The molecule has 0 unspecified atom stereocenters. The topological polar surface area (TPSA) is 101 Å². The first-order chi connectivity index (χ1) is 15.8. The van der Waals surface area contributed by atoms with Crippen LogP contribution in [0.25, 0.3) is 12.2 Å². The van der Waals surface area contributed by atoms with Crippen LogP contribution in [0.5, 0.6) is 0 Å². The average Bonchev–Trinajstić information content (AvgIpc) is 2.75. The number of halogens is 1. The fourth-order valence-corrected chi connectivity index (χ4v) is 2.86. The van der Waals surface area contributed by atoms with Gasteiger partial charge in [-0.05, 0) is 73.7 Å². The van der Waals surface area contributed by atoms with Gasteiger partial charge in [-0.25, -0.2) is 14.0 Å². The summed E-state index contributed by atoms with van der Waals surface area (Å²) >= 11 is 10.3. The molecular weight excluding hydrogens is 467 g/mol. The number of hydrogen-bond acceptors (Lipinski definition) is 6. The molecule has 2 aromatic rings. The van der Waals surface area contributed by atoms with Gasteiger partial charge in [0.2, 0.25) is 0 Å². The Hall–Kier alpha value is -3.57. The second-order valence-electron chi connectivity index (χ2n) is 6.29. The summed E-state index contributed by atoms with van der Waals surface area (Å²) in [6.07, 6.45) is 2.24. The first kappa shape index (κ1) is 25.7. The monoisotopic (exact) mass is 490 g/mol. The molecule has 2 amide bonds. The minimum absolute atomic E-state index is 0.000402. The van der Waals surface area contributed by atoms with Gasteiger partial charge >= 0.3 is 12.2 Å². The molecule has 0 saturated heterocycles. The van der Waals surface area contributed by atoms with Gasteiger partial charge in [-0.15, -0.1) is 0 Å². The van der Waals surface area contributed by atoms with E-state index in [9.17, 15) is 14.0 Å². The second kappa shape index (κ2) is 13.1. The van der Waals surface area contributed by atoms with Crippen LogP contribution in [0.3, 0.4) is 0 Å². The Morgan fingerprint density at radius 2 is 1.30 bits per heavy atom.